The third-order valence-corrected chi connectivity index (χ3v) is 2.78. The van der Waals surface area contributed by atoms with E-state index < -0.39 is 0 Å². The normalized spacial score (nSPS) is 14.6. The summed E-state index contributed by atoms with van der Waals surface area (Å²) in [5.74, 6) is 0.0911. The van der Waals surface area contributed by atoms with Crippen LogP contribution in [0.5, 0.6) is 0 Å². The quantitative estimate of drug-likeness (QED) is 0.793. The first-order chi connectivity index (χ1) is 7.79. The summed E-state index contributed by atoms with van der Waals surface area (Å²) in [7, 11) is 0. The molecule has 0 atom stereocenters. The summed E-state index contributed by atoms with van der Waals surface area (Å²) in [6.45, 7) is 2.48. The number of para-hydroxylation sites is 1. The Bertz CT molecular complexity index is 372. The van der Waals surface area contributed by atoms with Crippen molar-refractivity contribution in [2.75, 3.05) is 11.9 Å². The predicted molar refractivity (Wildman–Crippen MR) is 65.5 cm³/mol. The molecule has 0 spiro atoms. The molecule has 86 valence electrons. The van der Waals surface area contributed by atoms with Crippen molar-refractivity contribution >= 4 is 11.6 Å². The average Bonchev–Trinajstić information content (AvgIpc) is 3.10. The Morgan fingerprint density at radius 1 is 1.38 bits per heavy atom. The van der Waals surface area contributed by atoms with Crippen LogP contribution in [-0.4, -0.2) is 18.5 Å². The molecule has 0 heterocycles. The van der Waals surface area contributed by atoms with Crippen LogP contribution in [0.3, 0.4) is 0 Å². The molecule has 0 aromatic heterocycles. The summed E-state index contributed by atoms with van der Waals surface area (Å²) in [5, 5.41) is 6.15. The highest BCUT2D eigenvalue weighted by Gasteiger charge is 2.22. The Hall–Kier alpha value is -1.51. The molecule has 0 aliphatic heterocycles. The van der Waals surface area contributed by atoms with E-state index in [9.17, 15) is 4.79 Å². The van der Waals surface area contributed by atoms with Crippen molar-refractivity contribution in [2.45, 2.75) is 32.2 Å². The highest BCUT2D eigenvalue weighted by molar-refractivity contribution is 5.81. The van der Waals surface area contributed by atoms with Crippen molar-refractivity contribution in [1.29, 1.82) is 0 Å². The minimum Gasteiger partial charge on any atom is -0.376 e. The number of rotatable bonds is 5. The minimum absolute atomic E-state index is 0.0911. The molecule has 0 unspecified atom stereocenters. The van der Waals surface area contributed by atoms with Crippen LogP contribution in [0.25, 0.3) is 0 Å². The molecule has 1 aromatic carbocycles. The average molecular weight is 218 g/mol. The second kappa shape index (κ2) is 5.01. The Morgan fingerprint density at radius 3 is 2.81 bits per heavy atom. The fourth-order valence-corrected chi connectivity index (χ4v) is 1.68. The summed E-state index contributed by atoms with van der Waals surface area (Å²) in [5.41, 5.74) is 2.32. The van der Waals surface area contributed by atoms with Crippen molar-refractivity contribution in [3.8, 4) is 0 Å². The van der Waals surface area contributed by atoms with E-state index in [2.05, 4.69) is 23.6 Å². The fraction of sp³-hybridized carbons (Fsp3) is 0.462. The first-order valence-electron chi connectivity index (χ1n) is 5.90. The second-order valence-electron chi connectivity index (χ2n) is 4.21. The number of hydrogen-bond donors (Lipinski definition) is 2. The molecule has 1 aromatic rings. The molecule has 1 saturated carbocycles. The molecule has 3 heteroatoms. The molecule has 3 nitrogen and oxygen atoms in total. The van der Waals surface area contributed by atoms with Crippen molar-refractivity contribution in [3.05, 3.63) is 29.8 Å². The number of aryl methyl sites for hydroxylation is 1. The third kappa shape index (κ3) is 2.99. The molecule has 2 N–H and O–H groups in total. The molecule has 1 amide bonds. The Kier molecular flexibility index (Phi) is 3.44. The monoisotopic (exact) mass is 218 g/mol. The van der Waals surface area contributed by atoms with Crippen LogP contribution in [0, 0.1) is 0 Å². The predicted octanol–water partition coefficient (Wildman–Crippen LogP) is 1.94. The number of hydrogen-bond acceptors (Lipinski definition) is 2. The van der Waals surface area contributed by atoms with Gasteiger partial charge < -0.3 is 10.6 Å². The van der Waals surface area contributed by atoms with Crippen LogP contribution in [-0.2, 0) is 11.2 Å². The van der Waals surface area contributed by atoms with Crippen molar-refractivity contribution < 1.29 is 4.79 Å². The lowest BCUT2D eigenvalue weighted by molar-refractivity contribution is -0.119. The number of carbonyl (C=O) groups excluding carboxylic acids is 1. The maximum Gasteiger partial charge on any atom is 0.239 e. The van der Waals surface area contributed by atoms with Gasteiger partial charge in [0, 0.05) is 11.7 Å². The number of amides is 1. The molecule has 0 saturated heterocycles. The van der Waals surface area contributed by atoms with Crippen LogP contribution >= 0.6 is 0 Å². The van der Waals surface area contributed by atoms with Crippen molar-refractivity contribution in [1.82, 2.24) is 5.32 Å². The Morgan fingerprint density at radius 2 is 2.12 bits per heavy atom. The number of benzene rings is 1. The zero-order chi connectivity index (χ0) is 11.4. The molecule has 1 aliphatic carbocycles. The van der Waals surface area contributed by atoms with E-state index in [0.717, 1.165) is 24.9 Å². The number of nitrogens with one attached hydrogen (secondary N) is 2. The largest absolute Gasteiger partial charge is 0.376 e. The van der Waals surface area contributed by atoms with Crippen LogP contribution in [0.1, 0.15) is 25.3 Å². The highest BCUT2D eigenvalue weighted by atomic mass is 16.2. The van der Waals surface area contributed by atoms with Crippen molar-refractivity contribution in [2.24, 2.45) is 0 Å². The standard InChI is InChI=1S/C13H18N2O/c1-2-10-5-3-4-6-12(10)14-9-13(16)15-11-7-8-11/h3-6,11,14H,2,7-9H2,1H3,(H,15,16). The van der Waals surface area contributed by atoms with E-state index >= 15 is 0 Å². The van der Waals surface area contributed by atoms with Crippen LogP contribution < -0.4 is 10.6 Å². The summed E-state index contributed by atoms with van der Waals surface area (Å²) < 4.78 is 0. The van der Waals surface area contributed by atoms with Gasteiger partial charge in [-0.15, -0.1) is 0 Å². The van der Waals surface area contributed by atoms with E-state index in [4.69, 9.17) is 0 Å². The summed E-state index contributed by atoms with van der Waals surface area (Å²) in [4.78, 5) is 11.5. The van der Waals surface area contributed by atoms with Gasteiger partial charge >= 0.3 is 0 Å². The minimum atomic E-state index is 0.0911. The molecule has 1 fully saturated rings. The smallest absolute Gasteiger partial charge is 0.239 e. The van der Waals surface area contributed by atoms with Gasteiger partial charge in [-0.1, -0.05) is 25.1 Å². The van der Waals surface area contributed by atoms with E-state index in [1.165, 1.54) is 5.56 Å². The lowest BCUT2D eigenvalue weighted by Gasteiger charge is -2.10. The number of anilines is 1. The van der Waals surface area contributed by atoms with Gasteiger partial charge in [0.25, 0.3) is 0 Å². The van der Waals surface area contributed by atoms with Gasteiger partial charge in [-0.3, -0.25) is 4.79 Å². The van der Waals surface area contributed by atoms with E-state index in [1.807, 2.05) is 18.2 Å². The van der Waals surface area contributed by atoms with Gasteiger partial charge in [-0.25, -0.2) is 0 Å². The zero-order valence-corrected chi connectivity index (χ0v) is 9.62. The molecule has 2 rings (SSSR count). The SMILES string of the molecule is CCc1ccccc1NCC(=O)NC1CC1. The fourth-order valence-electron chi connectivity index (χ4n) is 1.68. The lowest BCUT2D eigenvalue weighted by atomic mass is 10.1. The summed E-state index contributed by atoms with van der Waals surface area (Å²) in [6, 6.07) is 8.55. The maximum absolute atomic E-state index is 11.5. The summed E-state index contributed by atoms with van der Waals surface area (Å²) in [6.07, 6.45) is 3.25. The molecule has 16 heavy (non-hydrogen) atoms. The molecular formula is C13H18N2O. The van der Waals surface area contributed by atoms with E-state index in [0.29, 0.717) is 12.6 Å². The van der Waals surface area contributed by atoms with Crippen LogP contribution in [0.2, 0.25) is 0 Å². The van der Waals surface area contributed by atoms with Gasteiger partial charge in [0.15, 0.2) is 0 Å². The first-order valence-corrected chi connectivity index (χ1v) is 5.90. The molecule has 0 bridgehead atoms. The van der Waals surface area contributed by atoms with Crippen molar-refractivity contribution in [3.63, 3.8) is 0 Å². The Labute approximate surface area is 96.2 Å². The maximum atomic E-state index is 11.5. The second-order valence-corrected chi connectivity index (χ2v) is 4.21. The van der Waals surface area contributed by atoms with Crippen LogP contribution in [0.4, 0.5) is 5.69 Å². The lowest BCUT2D eigenvalue weighted by Crippen LogP contribution is -2.31. The zero-order valence-electron chi connectivity index (χ0n) is 9.62. The Balaban J connectivity index is 1.85. The summed E-state index contributed by atoms with van der Waals surface area (Å²) >= 11 is 0. The molecule has 0 radical (unpaired) electrons. The van der Waals surface area contributed by atoms with Gasteiger partial charge in [0.05, 0.1) is 6.54 Å². The van der Waals surface area contributed by atoms with Crippen LogP contribution in [0.15, 0.2) is 24.3 Å². The van der Waals surface area contributed by atoms with Gasteiger partial charge in [-0.2, -0.15) is 0 Å². The number of carbonyl (C=O) groups is 1. The van der Waals surface area contributed by atoms with Gasteiger partial charge in [-0.05, 0) is 30.9 Å². The third-order valence-electron chi connectivity index (χ3n) is 2.78. The highest BCUT2D eigenvalue weighted by Crippen LogP contribution is 2.18. The molecular weight excluding hydrogens is 200 g/mol. The van der Waals surface area contributed by atoms with E-state index in [1.54, 1.807) is 0 Å². The topological polar surface area (TPSA) is 41.1 Å². The van der Waals surface area contributed by atoms with Gasteiger partial charge in [0.2, 0.25) is 5.91 Å². The first kappa shape index (κ1) is 11.0. The molecule has 1 aliphatic rings. The van der Waals surface area contributed by atoms with E-state index in [-0.39, 0.29) is 5.91 Å². The van der Waals surface area contributed by atoms with Gasteiger partial charge in [0.1, 0.15) is 0 Å².